The zero-order valence-corrected chi connectivity index (χ0v) is 12.7. The molecule has 0 radical (unpaired) electrons. The molecule has 2 rings (SSSR count). The van der Waals surface area contributed by atoms with Gasteiger partial charge >= 0.3 is 0 Å². The molecule has 21 heavy (non-hydrogen) atoms. The number of nitrogens with zero attached hydrogens (tertiary/aromatic N) is 2. The predicted octanol–water partition coefficient (Wildman–Crippen LogP) is 1.85. The highest BCUT2D eigenvalue weighted by atomic mass is 16.2. The minimum Gasteiger partial charge on any atom is -0.350 e. The summed E-state index contributed by atoms with van der Waals surface area (Å²) < 4.78 is 1.79. The first-order valence-electron chi connectivity index (χ1n) is 6.98. The van der Waals surface area contributed by atoms with Gasteiger partial charge in [0.15, 0.2) is 0 Å². The maximum absolute atomic E-state index is 12.0. The smallest absolute Gasteiger partial charge is 0.240 e. The lowest BCUT2D eigenvalue weighted by Gasteiger charge is -2.21. The molecule has 0 aliphatic rings. The lowest BCUT2D eigenvalue weighted by atomic mass is 10.1. The molecule has 1 amide bonds. The number of carbonyl (C=O) groups is 1. The number of aromatic nitrogens is 2. The van der Waals surface area contributed by atoms with Gasteiger partial charge in [0.25, 0.3) is 0 Å². The van der Waals surface area contributed by atoms with Crippen LogP contribution in [0.3, 0.4) is 0 Å². The van der Waals surface area contributed by atoms with E-state index in [0.29, 0.717) is 0 Å². The normalized spacial score (nSPS) is 13.0. The van der Waals surface area contributed by atoms with Crippen LogP contribution in [0, 0.1) is 0 Å². The van der Waals surface area contributed by atoms with Gasteiger partial charge < -0.3 is 15.6 Å². The van der Waals surface area contributed by atoms with Crippen LogP contribution in [0.5, 0.6) is 0 Å². The van der Waals surface area contributed by atoms with E-state index in [4.69, 9.17) is 5.73 Å². The van der Waals surface area contributed by atoms with Crippen molar-refractivity contribution < 1.29 is 4.79 Å². The quantitative estimate of drug-likeness (QED) is 0.901. The summed E-state index contributed by atoms with van der Waals surface area (Å²) in [4.78, 5) is 16.2. The monoisotopic (exact) mass is 286 g/mol. The molecule has 0 saturated carbocycles. The molecule has 0 spiro atoms. The molecule has 2 aromatic rings. The van der Waals surface area contributed by atoms with Crippen LogP contribution in [-0.2, 0) is 11.3 Å². The Morgan fingerprint density at radius 2 is 2.00 bits per heavy atom. The SMILES string of the molecule is CC(C)(C)NC(=O)Cn1cncc1C(N)c1ccccc1. The topological polar surface area (TPSA) is 72.9 Å². The number of amides is 1. The lowest BCUT2D eigenvalue weighted by molar-refractivity contribution is -0.123. The van der Waals surface area contributed by atoms with E-state index in [-0.39, 0.29) is 24.0 Å². The van der Waals surface area contributed by atoms with Crippen LogP contribution in [0.4, 0.5) is 0 Å². The molecular formula is C16H22N4O. The fourth-order valence-corrected chi connectivity index (χ4v) is 2.17. The zero-order chi connectivity index (χ0) is 15.5. The lowest BCUT2D eigenvalue weighted by Crippen LogP contribution is -2.42. The molecule has 1 atom stereocenters. The molecule has 0 saturated heterocycles. The van der Waals surface area contributed by atoms with Gasteiger partial charge in [-0.2, -0.15) is 0 Å². The molecule has 3 N–H and O–H groups in total. The molecule has 1 aromatic carbocycles. The molecule has 112 valence electrons. The van der Waals surface area contributed by atoms with Gasteiger partial charge in [-0.25, -0.2) is 4.98 Å². The van der Waals surface area contributed by atoms with Gasteiger partial charge in [-0.05, 0) is 26.3 Å². The van der Waals surface area contributed by atoms with Gasteiger partial charge in [0.2, 0.25) is 5.91 Å². The van der Waals surface area contributed by atoms with Crippen LogP contribution < -0.4 is 11.1 Å². The van der Waals surface area contributed by atoms with Crippen molar-refractivity contribution in [1.82, 2.24) is 14.9 Å². The molecular weight excluding hydrogens is 264 g/mol. The fourth-order valence-electron chi connectivity index (χ4n) is 2.17. The summed E-state index contributed by atoms with van der Waals surface area (Å²) in [5.74, 6) is -0.0537. The summed E-state index contributed by atoms with van der Waals surface area (Å²) >= 11 is 0. The Bertz CT molecular complexity index is 598. The van der Waals surface area contributed by atoms with Crippen molar-refractivity contribution in [1.29, 1.82) is 0 Å². The van der Waals surface area contributed by atoms with Crippen molar-refractivity contribution in [3.8, 4) is 0 Å². The Morgan fingerprint density at radius 3 is 2.62 bits per heavy atom. The molecule has 5 nitrogen and oxygen atoms in total. The van der Waals surface area contributed by atoms with Crippen molar-refractivity contribution >= 4 is 5.91 Å². The second-order valence-electron chi connectivity index (χ2n) is 6.13. The summed E-state index contributed by atoms with van der Waals surface area (Å²) in [6.45, 7) is 6.08. The minimum atomic E-state index is -0.295. The van der Waals surface area contributed by atoms with Crippen LogP contribution in [0.2, 0.25) is 0 Å². The van der Waals surface area contributed by atoms with E-state index >= 15 is 0 Å². The van der Waals surface area contributed by atoms with Crippen molar-refractivity contribution in [3.63, 3.8) is 0 Å². The highest BCUT2D eigenvalue weighted by Gasteiger charge is 2.18. The van der Waals surface area contributed by atoms with Crippen LogP contribution >= 0.6 is 0 Å². The van der Waals surface area contributed by atoms with Crippen LogP contribution in [0.25, 0.3) is 0 Å². The molecule has 0 bridgehead atoms. The van der Waals surface area contributed by atoms with Gasteiger partial charge in [0.1, 0.15) is 6.54 Å². The van der Waals surface area contributed by atoms with Crippen LogP contribution in [-0.4, -0.2) is 21.0 Å². The standard InChI is InChI=1S/C16H22N4O/c1-16(2,3)19-14(21)10-20-11-18-9-13(20)15(17)12-7-5-4-6-8-12/h4-9,11,15H,10,17H2,1-3H3,(H,19,21). The molecule has 0 aliphatic heterocycles. The number of hydrogen-bond donors (Lipinski definition) is 2. The van der Waals surface area contributed by atoms with E-state index < -0.39 is 0 Å². The summed E-state index contributed by atoms with van der Waals surface area (Å²) in [5, 5.41) is 2.93. The Balaban J connectivity index is 2.14. The molecule has 5 heteroatoms. The number of imidazole rings is 1. The number of hydrogen-bond acceptors (Lipinski definition) is 3. The maximum atomic E-state index is 12.0. The third kappa shape index (κ3) is 4.16. The molecule has 1 unspecified atom stereocenters. The number of rotatable bonds is 4. The van der Waals surface area contributed by atoms with Crippen molar-refractivity contribution in [3.05, 3.63) is 54.1 Å². The Labute approximate surface area is 125 Å². The highest BCUT2D eigenvalue weighted by molar-refractivity contribution is 5.76. The minimum absolute atomic E-state index is 0.0537. The van der Waals surface area contributed by atoms with Crippen molar-refractivity contribution in [2.75, 3.05) is 0 Å². The average molecular weight is 286 g/mol. The third-order valence-electron chi connectivity index (χ3n) is 3.05. The van der Waals surface area contributed by atoms with Crippen LogP contribution in [0.1, 0.15) is 38.1 Å². The van der Waals surface area contributed by atoms with E-state index in [2.05, 4.69) is 10.3 Å². The zero-order valence-electron chi connectivity index (χ0n) is 12.7. The van der Waals surface area contributed by atoms with Crippen LogP contribution in [0.15, 0.2) is 42.9 Å². The van der Waals surface area contributed by atoms with Crippen molar-refractivity contribution in [2.24, 2.45) is 5.73 Å². The molecule has 0 aliphatic carbocycles. The number of carbonyl (C=O) groups excluding carboxylic acids is 1. The van der Waals surface area contributed by atoms with Gasteiger partial charge in [0.05, 0.1) is 24.3 Å². The maximum Gasteiger partial charge on any atom is 0.240 e. The largest absolute Gasteiger partial charge is 0.350 e. The van der Waals surface area contributed by atoms with Crippen molar-refractivity contribution in [2.45, 2.75) is 38.9 Å². The first-order chi connectivity index (χ1) is 9.87. The third-order valence-corrected chi connectivity index (χ3v) is 3.05. The number of benzene rings is 1. The van der Waals surface area contributed by atoms with E-state index in [0.717, 1.165) is 11.3 Å². The second-order valence-corrected chi connectivity index (χ2v) is 6.13. The Kier molecular flexibility index (Phi) is 4.43. The Morgan fingerprint density at radius 1 is 1.33 bits per heavy atom. The summed E-state index contributed by atoms with van der Waals surface area (Å²) in [6, 6.07) is 9.49. The Hall–Kier alpha value is -2.14. The first kappa shape index (κ1) is 15.3. The number of nitrogens with two attached hydrogens (primary N) is 1. The van der Waals surface area contributed by atoms with E-state index in [9.17, 15) is 4.79 Å². The second kappa shape index (κ2) is 6.10. The average Bonchev–Trinajstić information content (AvgIpc) is 2.84. The summed E-state index contributed by atoms with van der Waals surface area (Å²) in [7, 11) is 0. The first-order valence-corrected chi connectivity index (χ1v) is 6.98. The highest BCUT2D eigenvalue weighted by Crippen LogP contribution is 2.18. The van der Waals surface area contributed by atoms with Gasteiger partial charge in [0, 0.05) is 5.54 Å². The fraction of sp³-hybridized carbons (Fsp3) is 0.375. The van der Waals surface area contributed by atoms with Gasteiger partial charge in [-0.3, -0.25) is 4.79 Å². The van der Waals surface area contributed by atoms with Gasteiger partial charge in [-0.1, -0.05) is 30.3 Å². The molecule has 1 aromatic heterocycles. The molecule has 0 fully saturated rings. The summed E-state index contributed by atoms with van der Waals surface area (Å²) in [6.07, 6.45) is 3.35. The van der Waals surface area contributed by atoms with E-state index in [1.165, 1.54) is 0 Å². The summed E-state index contributed by atoms with van der Waals surface area (Å²) in [5.41, 5.74) is 7.84. The number of nitrogens with one attached hydrogen (secondary N) is 1. The van der Waals surface area contributed by atoms with E-state index in [1.807, 2.05) is 51.1 Å². The molecule has 1 heterocycles. The predicted molar refractivity (Wildman–Crippen MR) is 82.6 cm³/mol. The van der Waals surface area contributed by atoms with Gasteiger partial charge in [-0.15, -0.1) is 0 Å². The van der Waals surface area contributed by atoms with E-state index in [1.54, 1.807) is 17.1 Å².